The first kappa shape index (κ1) is 7.33. The molecule has 0 bridgehead atoms. The largest absolute Gasteiger partial charge is 0.0842 e. The van der Waals surface area contributed by atoms with E-state index in [2.05, 4.69) is 38.2 Å². The molecule has 0 spiro atoms. The number of hydrogen-bond acceptors (Lipinski definition) is 0. The Bertz CT molecular complexity index is 192. The summed E-state index contributed by atoms with van der Waals surface area (Å²) in [6.45, 7) is 4.33. The molecule has 0 nitrogen and oxygen atoms in total. The predicted molar refractivity (Wildman–Crippen MR) is 45.9 cm³/mol. The van der Waals surface area contributed by atoms with E-state index >= 15 is 0 Å². The molecule has 0 aromatic rings. The second-order valence-corrected chi connectivity index (χ2v) is 2.87. The molecule has 0 radical (unpaired) electrons. The second kappa shape index (κ2) is 3.40. The first-order valence-corrected chi connectivity index (χ1v) is 3.79. The van der Waals surface area contributed by atoms with Gasteiger partial charge in [-0.1, -0.05) is 35.5 Å². The topological polar surface area (TPSA) is 0 Å². The fourth-order valence-electron chi connectivity index (χ4n) is 1.14. The predicted octanol–water partition coefficient (Wildman–Crippen LogP) is 3.23. The van der Waals surface area contributed by atoms with Gasteiger partial charge in [0, 0.05) is 0 Å². The van der Waals surface area contributed by atoms with Gasteiger partial charge in [-0.25, -0.2) is 0 Å². The van der Waals surface area contributed by atoms with Crippen molar-refractivity contribution in [3.05, 3.63) is 35.5 Å². The molecule has 1 rings (SSSR count). The molecule has 0 saturated heterocycles. The molecule has 1 aliphatic rings. The summed E-state index contributed by atoms with van der Waals surface area (Å²) < 4.78 is 0. The van der Waals surface area contributed by atoms with Crippen LogP contribution in [0.25, 0.3) is 0 Å². The van der Waals surface area contributed by atoms with Crippen molar-refractivity contribution >= 4 is 0 Å². The zero-order valence-corrected chi connectivity index (χ0v) is 6.72. The maximum atomic E-state index is 2.25. The molecule has 0 aliphatic heterocycles. The van der Waals surface area contributed by atoms with Gasteiger partial charge < -0.3 is 0 Å². The summed E-state index contributed by atoms with van der Waals surface area (Å²) in [7, 11) is 0. The molecular weight excluding hydrogens is 120 g/mol. The van der Waals surface area contributed by atoms with Gasteiger partial charge in [-0.3, -0.25) is 0 Å². The summed E-state index contributed by atoms with van der Waals surface area (Å²) in [5.41, 5.74) is 2.84. The van der Waals surface area contributed by atoms with Crippen LogP contribution >= 0.6 is 0 Å². The second-order valence-electron chi connectivity index (χ2n) is 2.87. The van der Waals surface area contributed by atoms with E-state index in [1.54, 1.807) is 0 Å². The number of allylic oxidation sites excluding steroid dienone is 6. The van der Waals surface area contributed by atoms with Crippen molar-refractivity contribution in [2.45, 2.75) is 26.7 Å². The van der Waals surface area contributed by atoms with E-state index in [0.717, 1.165) is 0 Å². The van der Waals surface area contributed by atoms with Gasteiger partial charge in [0.15, 0.2) is 0 Å². The Morgan fingerprint density at radius 2 is 2.10 bits per heavy atom. The lowest BCUT2D eigenvalue weighted by Gasteiger charge is -2.00. The highest BCUT2D eigenvalue weighted by atomic mass is 14.0. The minimum atomic E-state index is 1.19. The average molecular weight is 134 g/mol. The lowest BCUT2D eigenvalue weighted by atomic mass is 10.1. The Morgan fingerprint density at radius 3 is 2.90 bits per heavy atom. The van der Waals surface area contributed by atoms with Crippen LogP contribution in [0.5, 0.6) is 0 Å². The van der Waals surface area contributed by atoms with E-state index in [0.29, 0.717) is 0 Å². The molecular formula is C10H14. The van der Waals surface area contributed by atoms with Crippen LogP contribution < -0.4 is 0 Å². The van der Waals surface area contributed by atoms with E-state index in [4.69, 9.17) is 0 Å². The maximum absolute atomic E-state index is 2.25. The number of rotatable bonds is 0. The lowest BCUT2D eigenvalue weighted by Crippen LogP contribution is -1.80. The van der Waals surface area contributed by atoms with Gasteiger partial charge in [-0.2, -0.15) is 0 Å². The standard InChI is InChI=1S/C10H14/c1-9-6-4-3-5-7-10(2)8-9/h3-4,6,8H,5,7H2,1-2H3. The van der Waals surface area contributed by atoms with Gasteiger partial charge in [0.25, 0.3) is 0 Å². The average Bonchev–Trinajstić information content (AvgIpc) is 1.83. The highest BCUT2D eigenvalue weighted by molar-refractivity contribution is 5.26. The molecule has 10 heavy (non-hydrogen) atoms. The third-order valence-corrected chi connectivity index (χ3v) is 1.67. The van der Waals surface area contributed by atoms with Crippen LogP contribution in [0.1, 0.15) is 26.7 Å². The first-order chi connectivity index (χ1) is 4.79. The molecule has 0 aromatic carbocycles. The summed E-state index contributed by atoms with van der Waals surface area (Å²) in [5.74, 6) is 0. The smallest absolute Gasteiger partial charge is 0.0285 e. The fourth-order valence-corrected chi connectivity index (χ4v) is 1.14. The fraction of sp³-hybridized carbons (Fsp3) is 0.400. The maximum Gasteiger partial charge on any atom is -0.0285 e. The van der Waals surface area contributed by atoms with Crippen molar-refractivity contribution in [2.75, 3.05) is 0 Å². The van der Waals surface area contributed by atoms with E-state index in [9.17, 15) is 0 Å². The first-order valence-electron chi connectivity index (χ1n) is 3.79. The van der Waals surface area contributed by atoms with Gasteiger partial charge in [-0.15, -0.1) is 0 Å². The molecule has 0 N–H and O–H groups in total. The van der Waals surface area contributed by atoms with E-state index in [-0.39, 0.29) is 0 Å². The van der Waals surface area contributed by atoms with Crippen LogP contribution in [0, 0.1) is 0 Å². The van der Waals surface area contributed by atoms with Crippen LogP contribution in [-0.4, -0.2) is 0 Å². The monoisotopic (exact) mass is 134 g/mol. The third kappa shape index (κ3) is 2.22. The molecule has 54 valence electrons. The summed E-state index contributed by atoms with van der Waals surface area (Å²) in [6, 6.07) is 0. The molecule has 0 fully saturated rings. The lowest BCUT2D eigenvalue weighted by molar-refractivity contribution is 0.971. The van der Waals surface area contributed by atoms with Crippen molar-refractivity contribution in [3.8, 4) is 0 Å². The normalized spacial score (nSPS) is 19.0. The zero-order valence-electron chi connectivity index (χ0n) is 6.72. The Balaban J connectivity index is 2.77. The van der Waals surface area contributed by atoms with Crippen molar-refractivity contribution in [2.24, 2.45) is 0 Å². The van der Waals surface area contributed by atoms with Crippen LogP contribution in [0.3, 0.4) is 0 Å². The van der Waals surface area contributed by atoms with Crippen LogP contribution in [-0.2, 0) is 0 Å². The summed E-state index contributed by atoms with van der Waals surface area (Å²) in [4.78, 5) is 0. The van der Waals surface area contributed by atoms with Gasteiger partial charge in [0.2, 0.25) is 0 Å². The van der Waals surface area contributed by atoms with Gasteiger partial charge in [0.1, 0.15) is 0 Å². The molecule has 0 unspecified atom stereocenters. The molecule has 0 amide bonds. The van der Waals surface area contributed by atoms with Gasteiger partial charge in [0.05, 0.1) is 0 Å². The molecule has 0 saturated carbocycles. The Morgan fingerprint density at radius 1 is 1.30 bits per heavy atom. The van der Waals surface area contributed by atoms with E-state index in [1.807, 2.05) is 0 Å². The molecule has 0 atom stereocenters. The Hall–Kier alpha value is -0.780. The van der Waals surface area contributed by atoms with Crippen molar-refractivity contribution < 1.29 is 0 Å². The van der Waals surface area contributed by atoms with Crippen molar-refractivity contribution in [1.29, 1.82) is 0 Å². The Labute approximate surface area is 62.9 Å². The highest BCUT2D eigenvalue weighted by Gasteiger charge is 1.90. The van der Waals surface area contributed by atoms with Crippen LogP contribution in [0.4, 0.5) is 0 Å². The van der Waals surface area contributed by atoms with E-state index < -0.39 is 0 Å². The molecule has 0 heteroatoms. The van der Waals surface area contributed by atoms with Crippen LogP contribution in [0.2, 0.25) is 0 Å². The SMILES string of the molecule is CC1=CC=CCCC(C)=C1. The molecule has 0 aromatic heterocycles. The summed E-state index contributed by atoms with van der Waals surface area (Å²) in [6.07, 6.45) is 11.2. The van der Waals surface area contributed by atoms with E-state index in [1.165, 1.54) is 24.0 Å². The minimum absolute atomic E-state index is 1.19. The molecule has 0 heterocycles. The zero-order chi connectivity index (χ0) is 7.40. The van der Waals surface area contributed by atoms with Gasteiger partial charge >= 0.3 is 0 Å². The number of hydrogen-bond donors (Lipinski definition) is 0. The third-order valence-electron chi connectivity index (χ3n) is 1.67. The quantitative estimate of drug-likeness (QED) is 0.477. The summed E-state index contributed by atoms with van der Waals surface area (Å²) in [5, 5.41) is 0. The highest BCUT2D eigenvalue weighted by Crippen LogP contribution is 2.11. The minimum Gasteiger partial charge on any atom is -0.0842 e. The summed E-state index contributed by atoms with van der Waals surface area (Å²) >= 11 is 0. The van der Waals surface area contributed by atoms with Crippen molar-refractivity contribution in [3.63, 3.8) is 0 Å². The Kier molecular flexibility index (Phi) is 2.49. The molecule has 1 aliphatic carbocycles. The van der Waals surface area contributed by atoms with Crippen molar-refractivity contribution in [1.82, 2.24) is 0 Å². The van der Waals surface area contributed by atoms with Gasteiger partial charge in [-0.05, 0) is 26.7 Å². The van der Waals surface area contributed by atoms with Crippen LogP contribution in [0.15, 0.2) is 35.5 Å².